The lowest BCUT2D eigenvalue weighted by Crippen LogP contribution is -2.26. The maximum Gasteiger partial charge on any atom is 0.230 e. The van der Waals surface area contributed by atoms with Crippen molar-refractivity contribution in [2.75, 3.05) is 4.90 Å². The van der Waals surface area contributed by atoms with E-state index < -0.39 is 0 Å². The largest absolute Gasteiger partial charge is 0.304 e. The van der Waals surface area contributed by atoms with Crippen molar-refractivity contribution in [3.8, 4) is 0 Å². The van der Waals surface area contributed by atoms with Gasteiger partial charge in [-0.3, -0.25) is 9.69 Å². The second-order valence-corrected chi connectivity index (χ2v) is 8.74. The van der Waals surface area contributed by atoms with Crippen LogP contribution >= 0.6 is 11.3 Å². The first-order valence-corrected chi connectivity index (χ1v) is 11.5. The van der Waals surface area contributed by atoms with E-state index in [9.17, 15) is 4.79 Å². The normalized spacial score (nSPS) is 12.2. The molecule has 158 valence electrons. The number of hydrogen-bond donors (Lipinski definition) is 1. The SMILES string of the molecule is CCCc1ccc([C@@H](NCc2csc(N(C(C)=O)c3ccccc3)n2)C(C)C)cc1. The molecule has 1 amide bonds. The van der Waals surface area contributed by atoms with Gasteiger partial charge >= 0.3 is 0 Å². The van der Waals surface area contributed by atoms with E-state index >= 15 is 0 Å². The fourth-order valence-corrected chi connectivity index (χ4v) is 4.50. The average Bonchev–Trinajstić information content (AvgIpc) is 3.18. The van der Waals surface area contributed by atoms with Gasteiger partial charge in [-0.25, -0.2) is 4.98 Å². The summed E-state index contributed by atoms with van der Waals surface area (Å²) in [5.41, 5.74) is 4.48. The maximum atomic E-state index is 12.2. The number of aryl methyl sites for hydroxylation is 1. The summed E-state index contributed by atoms with van der Waals surface area (Å²) in [5.74, 6) is 0.417. The van der Waals surface area contributed by atoms with E-state index in [-0.39, 0.29) is 11.9 Å². The molecule has 0 aliphatic rings. The molecular weight excluding hydrogens is 390 g/mol. The molecule has 0 fully saturated rings. The predicted octanol–water partition coefficient (Wildman–Crippen LogP) is 6.27. The summed E-state index contributed by atoms with van der Waals surface area (Å²) in [4.78, 5) is 18.6. The van der Waals surface area contributed by atoms with Crippen molar-refractivity contribution in [2.45, 2.75) is 53.1 Å². The third-order valence-electron chi connectivity index (χ3n) is 5.11. The second kappa shape index (κ2) is 10.5. The summed E-state index contributed by atoms with van der Waals surface area (Å²) in [6, 6.07) is 18.9. The molecule has 0 saturated heterocycles. The summed E-state index contributed by atoms with van der Waals surface area (Å²) in [6.07, 6.45) is 2.29. The molecule has 0 aliphatic heterocycles. The molecule has 1 aromatic heterocycles. The molecule has 0 saturated carbocycles. The van der Waals surface area contributed by atoms with Crippen LogP contribution in [-0.2, 0) is 17.8 Å². The van der Waals surface area contributed by atoms with Crippen LogP contribution in [0.15, 0.2) is 60.0 Å². The Labute approximate surface area is 184 Å². The number of carbonyl (C=O) groups excluding carboxylic acids is 1. The maximum absolute atomic E-state index is 12.2. The quantitative estimate of drug-likeness (QED) is 0.443. The molecule has 4 nitrogen and oxygen atoms in total. The second-order valence-electron chi connectivity index (χ2n) is 7.91. The molecule has 0 unspecified atom stereocenters. The molecule has 1 atom stereocenters. The van der Waals surface area contributed by atoms with Gasteiger partial charge in [0.1, 0.15) is 0 Å². The number of nitrogens with zero attached hydrogens (tertiary/aromatic N) is 2. The molecule has 0 bridgehead atoms. The zero-order valence-corrected chi connectivity index (χ0v) is 19.1. The lowest BCUT2D eigenvalue weighted by atomic mass is 9.94. The number of rotatable bonds is 9. The minimum Gasteiger partial charge on any atom is -0.304 e. The summed E-state index contributed by atoms with van der Waals surface area (Å²) in [6.45, 7) is 8.91. The number of carbonyl (C=O) groups is 1. The molecule has 0 spiro atoms. The molecule has 3 aromatic rings. The van der Waals surface area contributed by atoms with Gasteiger partial charge in [0.05, 0.1) is 11.4 Å². The minimum absolute atomic E-state index is 0.0396. The molecule has 1 heterocycles. The van der Waals surface area contributed by atoms with E-state index in [0.29, 0.717) is 17.6 Å². The van der Waals surface area contributed by atoms with Crippen LogP contribution in [0.4, 0.5) is 10.8 Å². The van der Waals surface area contributed by atoms with Crippen molar-refractivity contribution in [3.63, 3.8) is 0 Å². The highest BCUT2D eigenvalue weighted by Crippen LogP contribution is 2.29. The Hall–Kier alpha value is -2.50. The Bertz CT molecular complexity index is 935. The fourth-order valence-electron chi connectivity index (χ4n) is 3.62. The number of thiazole rings is 1. The van der Waals surface area contributed by atoms with Crippen molar-refractivity contribution in [1.82, 2.24) is 10.3 Å². The van der Waals surface area contributed by atoms with Crippen molar-refractivity contribution < 1.29 is 4.79 Å². The Morgan fingerprint density at radius 3 is 2.40 bits per heavy atom. The van der Waals surface area contributed by atoms with Gasteiger partial charge in [-0.1, -0.05) is 69.7 Å². The first kappa shape index (κ1) is 22.2. The predicted molar refractivity (Wildman–Crippen MR) is 126 cm³/mol. The van der Waals surface area contributed by atoms with Crippen molar-refractivity contribution in [3.05, 3.63) is 76.8 Å². The Kier molecular flexibility index (Phi) is 7.77. The van der Waals surface area contributed by atoms with Gasteiger partial charge in [0, 0.05) is 24.9 Å². The monoisotopic (exact) mass is 421 g/mol. The van der Waals surface area contributed by atoms with Crippen molar-refractivity contribution in [1.29, 1.82) is 0 Å². The Morgan fingerprint density at radius 1 is 1.10 bits per heavy atom. The van der Waals surface area contributed by atoms with Gasteiger partial charge < -0.3 is 5.32 Å². The molecule has 0 radical (unpaired) electrons. The summed E-state index contributed by atoms with van der Waals surface area (Å²) >= 11 is 1.50. The molecule has 30 heavy (non-hydrogen) atoms. The van der Waals surface area contributed by atoms with E-state index in [0.717, 1.165) is 24.2 Å². The summed E-state index contributed by atoms with van der Waals surface area (Å²) in [5, 5.41) is 6.40. The van der Waals surface area contributed by atoms with E-state index in [1.807, 2.05) is 35.7 Å². The van der Waals surface area contributed by atoms with Crippen LogP contribution < -0.4 is 10.2 Å². The molecule has 2 aromatic carbocycles. The molecule has 5 heteroatoms. The molecular formula is C25H31N3OS. The standard InChI is InChI=1S/C25H31N3OS/c1-5-9-20-12-14-21(15-13-20)24(18(2)3)26-16-22-17-30-25(27-22)28(19(4)29)23-10-7-6-8-11-23/h6-8,10-15,17-18,24,26H,5,9,16H2,1-4H3/t24-/m0/s1. The zero-order chi connectivity index (χ0) is 21.5. The molecule has 1 N–H and O–H groups in total. The highest BCUT2D eigenvalue weighted by Gasteiger charge is 2.19. The summed E-state index contributed by atoms with van der Waals surface area (Å²) in [7, 11) is 0. The topological polar surface area (TPSA) is 45.2 Å². The van der Waals surface area contributed by atoms with Gasteiger partial charge in [-0.05, 0) is 35.6 Å². The van der Waals surface area contributed by atoms with Crippen LogP contribution in [0.3, 0.4) is 0 Å². The highest BCUT2D eigenvalue weighted by atomic mass is 32.1. The molecule has 3 rings (SSSR count). The Balaban J connectivity index is 1.71. The first-order chi connectivity index (χ1) is 14.5. The average molecular weight is 422 g/mol. The minimum atomic E-state index is -0.0396. The van der Waals surface area contributed by atoms with Gasteiger partial charge in [0.25, 0.3) is 0 Å². The number of hydrogen-bond acceptors (Lipinski definition) is 4. The van der Waals surface area contributed by atoms with Gasteiger partial charge in [0.2, 0.25) is 5.91 Å². The van der Waals surface area contributed by atoms with Gasteiger partial charge in [-0.15, -0.1) is 11.3 Å². The number of aromatic nitrogens is 1. The number of para-hydroxylation sites is 1. The van der Waals surface area contributed by atoms with Crippen LogP contribution in [0, 0.1) is 5.92 Å². The van der Waals surface area contributed by atoms with E-state index in [4.69, 9.17) is 4.98 Å². The number of anilines is 2. The highest BCUT2D eigenvalue weighted by molar-refractivity contribution is 7.14. The number of amides is 1. The third-order valence-corrected chi connectivity index (χ3v) is 5.98. The van der Waals surface area contributed by atoms with Crippen LogP contribution in [0.1, 0.15) is 57.0 Å². The smallest absolute Gasteiger partial charge is 0.230 e. The van der Waals surface area contributed by atoms with Gasteiger partial charge in [-0.2, -0.15) is 0 Å². The van der Waals surface area contributed by atoms with E-state index in [1.54, 1.807) is 11.8 Å². The number of nitrogens with one attached hydrogen (secondary N) is 1. The lowest BCUT2D eigenvalue weighted by molar-refractivity contribution is -0.115. The third kappa shape index (κ3) is 5.55. The van der Waals surface area contributed by atoms with Crippen LogP contribution in [0.25, 0.3) is 0 Å². The zero-order valence-electron chi connectivity index (χ0n) is 18.3. The van der Waals surface area contributed by atoms with Crippen LogP contribution in [0.5, 0.6) is 0 Å². The van der Waals surface area contributed by atoms with E-state index in [1.165, 1.54) is 22.5 Å². The van der Waals surface area contributed by atoms with Gasteiger partial charge in [0.15, 0.2) is 5.13 Å². The summed E-state index contributed by atoms with van der Waals surface area (Å²) < 4.78 is 0. The van der Waals surface area contributed by atoms with Crippen LogP contribution in [-0.4, -0.2) is 10.9 Å². The number of benzene rings is 2. The van der Waals surface area contributed by atoms with E-state index in [2.05, 4.69) is 50.4 Å². The Morgan fingerprint density at radius 2 is 1.80 bits per heavy atom. The van der Waals surface area contributed by atoms with Crippen molar-refractivity contribution in [2.24, 2.45) is 5.92 Å². The van der Waals surface area contributed by atoms with Crippen molar-refractivity contribution >= 4 is 28.1 Å². The lowest BCUT2D eigenvalue weighted by Gasteiger charge is -2.23. The molecule has 0 aliphatic carbocycles. The fraction of sp³-hybridized carbons (Fsp3) is 0.360. The first-order valence-electron chi connectivity index (χ1n) is 10.6. The van der Waals surface area contributed by atoms with Crippen LogP contribution in [0.2, 0.25) is 0 Å².